The van der Waals surface area contributed by atoms with Gasteiger partial charge in [-0.05, 0) is 32.0 Å². The maximum absolute atomic E-state index is 12.7. The lowest BCUT2D eigenvalue weighted by Crippen LogP contribution is -2.48. The van der Waals surface area contributed by atoms with Gasteiger partial charge in [0, 0.05) is 13.1 Å². The van der Waals surface area contributed by atoms with Crippen molar-refractivity contribution in [3.8, 4) is 0 Å². The van der Waals surface area contributed by atoms with Gasteiger partial charge in [-0.15, -0.1) is 0 Å². The maximum atomic E-state index is 12.7. The Morgan fingerprint density at radius 1 is 1.32 bits per heavy atom. The topological polar surface area (TPSA) is 72.9 Å². The summed E-state index contributed by atoms with van der Waals surface area (Å²) in [5, 5.41) is -0.00491. The Hall–Kier alpha value is -1.15. The van der Waals surface area contributed by atoms with Crippen LogP contribution >= 0.6 is 11.6 Å². The molecule has 1 fully saturated rings. The number of carbonyl (C=O) groups is 1. The molecule has 1 aliphatic heterocycles. The number of methoxy groups -OCH3 is 1. The van der Waals surface area contributed by atoms with Crippen molar-refractivity contribution in [2.24, 2.45) is 0 Å². The number of carbonyl (C=O) groups excluding carboxylic acids is 1. The molecule has 1 heterocycles. The molecule has 122 valence electrons. The molecule has 0 aliphatic carbocycles. The lowest BCUT2D eigenvalue weighted by molar-refractivity contribution is -0.0440. The highest BCUT2D eigenvalue weighted by Crippen LogP contribution is 2.28. The van der Waals surface area contributed by atoms with Crippen LogP contribution < -0.4 is 0 Å². The summed E-state index contributed by atoms with van der Waals surface area (Å²) in [6, 6.07) is 4.01. The van der Waals surface area contributed by atoms with Gasteiger partial charge in [0.05, 0.1) is 29.9 Å². The van der Waals surface area contributed by atoms with Gasteiger partial charge in [-0.2, -0.15) is 4.31 Å². The van der Waals surface area contributed by atoms with Crippen molar-refractivity contribution >= 4 is 27.6 Å². The van der Waals surface area contributed by atoms with Gasteiger partial charge in [0.25, 0.3) is 0 Å². The first-order valence-electron chi connectivity index (χ1n) is 6.79. The lowest BCUT2D eigenvalue weighted by Gasteiger charge is -2.34. The Balaban J connectivity index is 2.35. The van der Waals surface area contributed by atoms with Crippen molar-refractivity contribution in [2.45, 2.75) is 31.0 Å². The summed E-state index contributed by atoms with van der Waals surface area (Å²) in [6.45, 7) is 4.17. The molecule has 0 amide bonds. The molecule has 0 saturated carbocycles. The van der Waals surface area contributed by atoms with Crippen LogP contribution in [-0.2, 0) is 19.5 Å². The van der Waals surface area contributed by atoms with Crippen molar-refractivity contribution in [2.75, 3.05) is 20.2 Å². The fourth-order valence-electron chi connectivity index (χ4n) is 2.42. The number of hydrogen-bond donors (Lipinski definition) is 0. The molecular formula is C14H18ClNO5S. The van der Waals surface area contributed by atoms with Crippen molar-refractivity contribution in [1.29, 1.82) is 0 Å². The monoisotopic (exact) mass is 347 g/mol. The zero-order valence-corrected chi connectivity index (χ0v) is 14.1. The summed E-state index contributed by atoms with van der Waals surface area (Å²) in [5.74, 6) is -0.570. The van der Waals surface area contributed by atoms with Crippen LogP contribution in [0.25, 0.3) is 0 Å². The number of esters is 1. The van der Waals surface area contributed by atoms with Gasteiger partial charge >= 0.3 is 5.97 Å². The normalized spacial score (nSPS) is 23.3. The van der Waals surface area contributed by atoms with Gasteiger partial charge in [0.15, 0.2) is 0 Å². The third-order valence-corrected chi connectivity index (χ3v) is 5.67. The predicted octanol–water partition coefficient (Wildman–Crippen LogP) is 1.92. The molecule has 22 heavy (non-hydrogen) atoms. The largest absolute Gasteiger partial charge is 0.465 e. The molecule has 2 rings (SSSR count). The van der Waals surface area contributed by atoms with Gasteiger partial charge < -0.3 is 9.47 Å². The number of nitrogens with zero attached hydrogens (tertiary/aromatic N) is 1. The van der Waals surface area contributed by atoms with Crippen LogP contribution in [0.4, 0.5) is 0 Å². The quantitative estimate of drug-likeness (QED) is 0.781. The van der Waals surface area contributed by atoms with Crippen molar-refractivity contribution in [1.82, 2.24) is 4.31 Å². The van der Waals surface area contributed by atoms with Crippen molar-refractivity contribution < 1.29 is 22.7 Å². The molecule has 1 aromatic rings. The van der Waals surface area contributed by atoms with E-state index in [1.165, 1.54) is 29.6 Å². The van der Waals surface area contributed by atoms with Gasteiger partial charge in [0.2, 0.25) is 10.0 Å². The molecule has 0 bridgehead atoms. The molecule has 0 aromatic heterocycles. The summed E-state index contributed by atoms with van der Waals surface area (Å²) in [6.07, 6.45) is -0.377. The molecule has 0 spiro atoms. The first-order chi connectivity index (χ1) is 10.3. The highest BCUT2D eigenvalue weighted by Gasteiger charge is 2.33. The van der Waals surface area contributed by atoms with Gasteiger partial charge in [-0.3, -0.25) is 0 Å². The van der Waals surface area contributed by atoms with Crippen LogP contribution in [0, 0.1) is 0 Å². The Kier molecular flexibility index (Phi) is 5.11. The van der Waals surface area contributed by atoms with Crippen molar-refractivity contribution in [3.05, 3.63) is 28.8 Å². The highest BCUT2D eigenvalue weighted by molar-refractivity contribution is 7.89. The molecule has 0 N–H and O–H groups in total. The van der Waals surface area contributed by atoms with E-state index in [2.05, 4.69) is 4.74 Å². The van der Waals surface area contributed by atoms with Crippen LogP contribution in [0.3, 0.4) is 0 Å². The predicted molar refractivity (Wildman–Crippen MR) is 81.6 cm³/mol. The smallest absolute Gasteiger partial charge is 0.337 e. The number of benzene rings is 1. The number of hydrogen-bond acceptors (Lipinski definition) is 5. The van der Waals surface area contributed by atoms with E-state index in [9.17, 15) is 13.2 Å². The molecule has 1 aliphatic rings. The molecule has 0 unspecified atom stereocenters. The number of morpholine rings is 1. The average Bonchev–Trinajstić information content (AvgIpc) is 2.45. The molecule has 1 saturated heterocycles. The number of halogens is 1. The van der Waals surface area contributed by atoms with E-state index in [4.69, 9.17) is 16.3 Å². The van der Waals surface area contributed by atoms with Crippen LogP contribution in [0.5, 0.6) is 0 Å². The summed E-state index contributed by atoms with van der Waals surface area (Å²) in [4.78, 5) is 11.4. The second-order valence-electron chi connectivity index (χ2n) is 5.22. The van der Waals surface area contributed by atoms with Crippen LogP contribution in [-0.4, -0.2) is 51.1 Å². The minimum atomic E-state index is -3.74. The van der Waals surface area contributed by atoms with E-state index >= 15 is 0 Å². The number of sulfonamides is 1. The van der Waals surface area contributed by atoms with E-state index in [1.807, 2.05) is 13.8 Å². The Labute approximate surface area is 135 Å². The van der Waals surface area contributed by atoms with E-state index in [0.29, 0.717) is 0 Å². The first-order valence-corrected chi connectivity index (χ1v) is 8.61. The number of rotatable bonds is 3. The highest BCUT2D eigenvalue weighted by atomic mass is 35.5. The number of ether oxygens (including phenoxy) is 2. The Bertz CT molecular complexity index is 666. The van der Waals surface area contributed by atoms with Gasteiger partial charge in [-0.1, -0.05) is 11.6 Å². The summed E-state index contributed by atoms with van der Waals surface area (Å²) >= 11 is 6.06. The second-order valence-corrected chi connectivity index (χ2v) is 7.53. The zero-order valence-electron chi connectivity index (χ0n) is 12.6. The molecule has 6 nitrogen and oxygen atoms in total. The SMILES string of the molecule is COC(=O)c1ccc(S(=O)(=O)N2C[C@@H](C)O[C@H](C)C2)c(Cl)c1. The minimum Gasteiger partial charge on any atom is -0.465 e. The Morgan fingerprint density at radius 3 is 2.41 bits per heavy atom. The fourth-order valence-corrected chi connectivity index (χ4v) is 4.53. The fraction of sp³-hybridized carbons (Fsp3) is 0.500. The van der Waals surface area contributed by atoms with E-state index in [1.54, 1.807) is 0 Å². The summed E-state index contributed by atoms with van der Waals surface area (Å²) in [5.41, 5.74) is 0.204. The average molecular weight is 348 g/mol. The molecule has 1 aromatic carbocycles. The standard InChI is InChI=1S/C14H18ClNO5S/c1-9-7-16(8-10(2)21-9)22(18,19)13-5-4-11(6-12(13)15)14(17)20-3/h4-6,9-10H,7-8H2,1-3H3/t9-,10-/m1/s1. The van der Waals surface area contributed by atoms with Crippen LogP contribution in [0.2, 0.25) is 5.02 Å². The maximum Gasteiger partial charge on any atom is 0.337 e. The Morgan fingerprint density at radius 2 is 1.91 bits per heavy atom. The second kappa shape index (κ2) is 6.54. The summed E-state index contributed by atoms with van der Waals surface area (Å²) < 4.78 is 36.9. The van der Waals surface area contributed by atoms with Crippen molar-refractivity contribution in [3.63, 3.8) is 0 Å². The van der Waals surface area contributed by atoms with Gasteiger partial charge in [0.1, 0.15) is 4.90 Å². The zero-order chi connectivity index (χ0) is 16.5. The molecule has 0 radical (unpaired) electrons. The third-order valence-electron chi connectivity index (χ3n) is 3.36. The van der Waals surface area contributed by atoms with Gasteiger partial charge in [-0.25, -0.2) is 13.2 Å². The first kappa shape index (κ1) is 17.2. The molecule has 2 atom stereocenters. The van der Waals surface area contributed by atoms with Crippen LogP contribution in [0.1, 0.15) is 24.2 Å². The third kappa shape index (κ3) is 3.43. The molecule has 8 heteroatoms. The minimum absolute atomic E-state index is 0.00491. The van der Waals surface area contributed by atoms with Crippen LogP contribution in [0.15, 0.2) is 23.1 Å². The molecular weight excluding hydrogens is 330 g/mol. The van der Waals surface area contributed by atoms with E-state index in [-0.39, 0.29) is 40.8 Å². The lowest BCUT2D eigenvalue weighted by atomic mass is 10.2. The van der Waals surface area contributed by atoms with E-state index in [0.717, 1.165) is 0 Å². The van der Waals surface area contributed by atoms with E-state index < -0.39 is 16.0 Å². The summed E-state index contributed by atoms with van der Waals surface area (Å²) in [7, 11) is -2.49.